The zero-order valence-corrected chi connectivity index (χ0v) is 8.69. The van der Waals surface area contributed by atoms with Crippen molar-refractivity contribution in [2.75, 3.05) is 26.2 Å². The quantitative estimate of drug-likeness (QED) is 0.581. The van der Waals surface area contributed by atoms with Crippen LogP contribution < -0.4 is 5.73 Å². The molecule has 1 saturated heterocycles. The van der Waals surface area contributed by atoms with Gasteiger partial charge in [-0.05, 0) is 13.8 Å². The molecule has 1 rings (SSSR count). The van der Waals surface area contributed by atoms with Crippen LogP contribution >= 0.6 is 0 Å². The van der Waals surface area contributed by atoms with Crippen LogP contribution in [0.15, 0.2) is 0 Å². The SMILES string of the molecule is CC(C)(N)C(=O)N1CCN(C=O)CC1. The van der Waals surface area contributed by atoms with E-state index in [1.54, 1.807) is 23.6 Å². The van der Waals surface area contributed by atoms with Crippen molar-refractivity contribution in [1.29, 1.82) is 0 Å². The topological polar surface area (TPSA) is 66.6 Å². The highest BCUT2D eigenvalue weighted by Crippen LogP contribution is 2.07. The Morgan fingerprint density at radius 3 is 2.14 bits per heavy atom. The molecule has 0 aromatic carbocycles. The highest BCUT2D eigenvalue weighted by Gasteiger charge is 2.29. The predicted molar refractivity (Wildman–Crippen MR) is 52.5 cm³/mol. The average molecular weight is 199 g/mol. The van der Waals surface area contributed by atoms with E-state index in [2.05, 4.69) is 0 Å². The summed E-state index contributed by atoms with van der Waals surface area (Å²) >= 11 is 0. The predicted octanol–water partition coefficient (Wildman–Crippen LogP) is -0.976. The third-order valence-electron chi connectivity index (χ3n) is 2.30. The van der Waals surface area contributed by atoms with Gasteiger partial charge in [0.2, 0.25) is 12.3 Å². The maximum atomic E-state index is 11.7. The summed E-state index contributed by atoms with van der Waals surface area (Å²) in [5.41, 5.74) is 4.89. The maximum absolute atomic E-state index is 11.7. The first kappa shape index (κ1) is 11.0. The largest absolute Gasteiger partial charge is 0.342 e. The molecule has 14 heavy (non-hydrogen) atoms. The molecule has 0 aromatic rings. The lowest BCUT2D eigenvalue weighted by atomic mass is 10.1. The van der Waals surface area contributed by atoms with Crippen LogP contribution in [0.1, 0.15) is 13.8 Å². The normalized spacial score (nSPS) is 18.2. The fourth-order valence-corrected chi connectivity index (χ4v) is 1.44. The smallest absolute Gasteiger partial charge is 0.242 e. The van der Waals surface area contributed by atoms with Gasteiger partial charge in [0.1, 0.15) is 0 Å². The van der Waals surface area contributed by atoms with Crippen LogP contribution in [0.25, 0.3) is 0 Å². The number of carbonyl (C=O) groups is 2. The zero-order chi connectivity index (χ0) is 10.8. The Kier molecular flexibility index (Phi) is 3.10. The molecule has 80 valence electrons. The van der Waals surface area contributed by atoms with E-state index in [1.165, 1.54) is 0 Å². The Morgan fingerprint density at radius 2 is 1.79 bits per heavy atom. The van der Waals surface area contributed by atoms with Gasteiger partial charge in [0.25, 0.3) is 0 Å². The molecule has 1 aliphatic rings. The molecule has 1 heterocycles. The fraction of sp³-hybridized carbons (Fsp3) is 0.778. The molecule has 0 aliphatic carbocycles. The molecule has 0 spiro atoms. The highest BCUT2D eigenvalue weighted by molar-refractivity contribution is 5.85. The van der Waals surface area contributed by atoms with Crippen molar-refractivity contribution in [3.05, 3.63) is 0 Å². The van der Waals surface area contributed by atoms with E-state index in [4.69, 9.17) is 5.73 Å². The Morgan fingerprint density at radius 1 is 1.29 bits per heavy atom. The number of amides is 2. The first-order valence-corrected chi connectivity index (χ1v) is 4.73. The number of nitrogens with zero attached hydrogens (tertiary/aromatic N) is 2. The third-order valence-corrected chi connectivity index (χ3v) is 2.30. The van der Waals surface area contributed by atoms with Gasteiger partial charge in [0.15, 0.2) is 0 Å². The monoisotopic (exact) mass is 199 g/mol. The first-order valence-electron chi connectivity index (χ1n) is 4.73. The molecule has 0 unspecified atom stereocenters. The minimum Gasteiger partial charge on any atom is -0.342 e. The molecule has 5 nitrogen and oxygen atoms in total. The van der Waals surface area contributed by atoms with Gasteiger partial charge in [-0.1, -0.05) is 0 Å². The van der Waals surface area contributed by atoms with Crippen molar-refractivity contribution in [3.8, 4) is 0 Å². The van der Waals surface area contributed by atoms with Gasteiger partial charge >= 0.3 is 0 Å². The van der Waals surface area contributed by atoms with Crippen LogP contribution in [0.2, 0.25) is 0 Å². The van der Waals surface area contributed by atoms with Crippen molar-refractivity contribution < 1.29 is 9.59 Å². The molecule has 1 fully saturated rings. The minimum absolute atomic E-state index is 0.0527. The molecule has 0 aromatic heterocycles. The van der Waals surface area contributed by atoms with Crippen LogP contribution in [0, 0.1) is 0 Å². The van der Waals surface area contributed by atoms with Crippen LogP contribution in [0.5, 0.6) is 0 Å². The van der Waals surface area contributed by atoms with Gasteiger partial charge in [0.05, 0.1) is 5.54 Å². The van der Waals surface area contributed by atoms with Crippen LogP contribution in [0.4, 0.5) is 0 Å². The first-order chi connectivity index (χ1) is 6.45. The van der Waals surface area contributed by atoms with Crippen molar-refractivity contribution >= 4 is 12.3 Å². The van der Waals surface area contributed by atoms with Gasteiger partial charge < -0.3 is 15.5 Å². The van der Waals surface area contributed by atoms with Crippen molar-refractivity contribution in [2.45, 2.75) is 19.4 Å². The number of piperazine rings is 1. The molecule has 0 atom stereocenters. The molecule has 1 aliphatic heterocycles. The Balaban J connectivity index is 2.50. The summed E-state index contributed by atoms with van der Waals surface area (Å²) < 4.78 is 0. The fourth-order valence-electron chi connectivity index (χ4n) is 1.44. The second kappa shape index (κ2) is 3.96. The number of rotatable bonds is 2. The van der Waals surface area contributed by atoms with E-state index in [-0.39, 0.29) is 5.91 Å². The number of nitrogens with two attached hydrogens (primary N) is 1. The van der Waals surface area contributed by atoms with Crippen LogP contribution in [0.3, 0.4) is 0 Å². The van der Waals surface area contributed by atoms with Gasteiger partial charge in [-0.25, -0.2) is 0 Å². The summed E-state index contributed by atoms with van der Waals surface area (Å²) in [4.78, 5) is 25.5. The summed E-state index contributed by atoms with van der Waals surface area (Å²) in [7, 11) is 0. The molecular weight excluding hydrogens is 182 g/mol. The average Bonchev–Trinajstić information content (AvgIpc) is 2.15. The second-order valence-corrected chi connectivity index (χ2v) is 4.16. The van der Waals surface area contributed by atoms with Crippen molar-refractivity contribution in [1.82, 2.24) is 9.80 Å². The molecule has 2 N–H and O–H groups in total. The molecule has 0 saturated carbocycles. The van der Waals surface area contributed by atoms with Crippen molar-refractivity contribution in [2.24, 2.45) is 5.73 Å². The summed E-state index contributed by atoms with van der Waals surface area (Å²) in [6.07, 6.45) is 0.815. The van der Waals surface area contributed by atoms with E-state index in [0.717, 1.165) is 6.41 Å². The maximum Gasteiger partial charge on any atom is 0.242 e. The molecular formula is C9H17N3O2. The summed E-state index contributed by atoms with van der Waals surface area (Å²) in [5, 5.41) is 0. The number of hydrogen-bond donors (Lipinski definition) is 1. The third kappa shape index (κ3) is 2.45. The van der Waals surface area contributed by atoms with E-state index in [9.17, 15) is 9.59 Å². The Labute approximate surface area is 83.8 Å². The van der Waals surface area contributed by atoms with Gasteiger partial charge in [0, 0.05) is 26.2 Å². The lowest BCUT2D eigenvalue weighted by Crippen LogP contribution is -2.56. The van der Waals surface area contributed by atoms with Crippen LogP contribution in [-0.2, 0) is 9.59 Å². The van der Waals surface area contributed by atoms with Gasteiger partial charge in [-0.15, -0.1) is 0 Å². The molecule has 5 heteroatoms. The van der Waals surface area contributed by atoms with Crippen molar-refractivity contribution in [3.63, 3.8) is 0 Å². The minimum atomic E-state index is -0.816. The lowest BCUT2D eigenvalue weighted by molar-refractivity contribution is -0.139. The van der Waals surface area contributed by atoms with E-state index >= 15 is 0 Å². The molecule has 2 amide bonds. The zero-order valence-electron chi connectivity index (χ0n) is 8.69. The van der Waals surface area contributed by atoms with E-state index in [1.807, 2.05) is 0 Å². The van der Waals surface area contributed by atoms with E-state index in [0.29, 0.717) is 26.2 Å². The number of hydrogen-bond acceptors (Lipinski definition) is 3. The lowest BCUT2D eigenvalue weighted by Gasteiger charge is -2.35. The van der Waals surface area contributed by atoms with Crippen LogP contribution in [-0.4, -0.2) is 53.8 Å². The molecule has 0 bridgehead atoms. The van der Waals surface area contributed by atoms with Gasteiger partial charge in [-0.2, -0.15) is 0 Å². The summed E-state index contributed by atoms with van der Waals surface area (Å²) in [6.45, 7) is 5.76. The van der Waals surface area contributed by atoms with Gasteiger partial charge in [-0.3, -0.25) is 9.59 Å². The molecule has 0 radical (unpaired) electrons. The Hall–Kier alpha value is -1.10. The standard InChI is InChI=1S/C9H17N3O2/c1-9(2,10)8(14)12-5-3-11(7-13)4-6-12/h7H,3-6,10H2,1-2H3. The summed E-state index contributed by atoms with van der Waals surface area (Å²) in [5.74, 6) is -0.0527. The summed E-state index contributed by atoms with van der Waals surface area (Å²) in [6, 6.07) is 0. The number of carbonyl (C=O) groups excluding carboxylic acids is 2. The van der Waals surface area contributed by atoms with E-state index < -0.39 is 5.54 Å². The highest BCUT2D eigenvalue weighted by atomic mass is 16.2. The Bertz CT molecular complexity index is 227. The second-order valence-electron chi connectivity index (χ2n) is 4.16.